The zero-order valence-corrected chi connectivity index (χ0v) is 22.6. The van der Waals surface area contributed by atoms with Gasteiger partial charge in [-0.25, -0.2) is 9.78 Å². The number of hydrogen-bond donors (Lipinski definition) is 1. The largest absolute Gasteiger partial charge is 0.477 e. The van der Waals surface area contributed by atoms with Crippen LogP contribution in [0.3, 0.4) is 0 Å². The first-order valence-corrected chi connectivity index (χ1v) is 13.4. The van der Waals surface area contributed by atoms with Crippen LogP contribution in [0, 0.1) is 18.8 Å². The fourth-order valence-electron chi connectivity index (χ4n) is 4.62. The van der Waals surface area contributed by atoms with E-state index in [0.29, 0.717) is 60.6 Å². The van der Waals surface area contributed by atoms with Crippen LogP contribution in [-0.2, 0) is 9.53 Å². The lowest BCUT2D eigenvalue weighted by Crippen LogP contribution is -2.51. The van der Waals surface area contributed by atoms with Crippen molar-refractivity contribution in [2.75, 3.05) is 31.2 Å². The van der Waals surface area contributed by atoms with Gasteiger partial charge in [-0.05, 0) is 43.5 Å². The summed E-state index contributed by atoms with van der Waals surface area (Å²) >= 11 is 1.06. The molecule has 5 rings (SSSR count). The van der Waals surface area contributed by atoms with Gasteiger partial charge in [0.1, 0.15) is 17.2 Å². The molecule has 1 atom stereocenters. The third kappa shape index (κ3) is 5.30. The first kappa shape index (κ1) is 26.6. The van der Waals surface area contributed by atoms with E-state index in [9.17, 15) is 19.5 Å². The summed E-state index contributed by atoms with van der Waals surface area (Å²) in [5, 5.41) is 10.3. The number of aromatic carboxylic acids is 1. The van der Waals surface area contributed by atoms with Crippen LogP contribution in [0.4, 0.5) is 5.82 Å². The first-order valence-electron chi connectivity index (χ1n) is 12.7. The van der Waals surface area contributed by atoms with Gasteiger partial charge in [0, 0.05) is 68.4 Å². The van der Waals surface area contributed by atoms with E-state index < -0.39 is 11.4 Å². The molecule has 12 heteroatoms. The summed E-state index contributed by atoms with van der Waals surface area (Å²) in [6.07, 6.45) is 5.00. The second kappa shape index (κ2) is 11.0. The summed E-state index contributed by atoms with van der Waals surface area (Å²) in [6.45, 7) is 7.94. The number of hydrogen-bond acceptors (Lipinski definition) is 10. The van der Waals surface area contributed by atoms with Crippen LogP contribution in [0.15, 0.2) is 41.6 Å². The average molecular weight is 549 g/mol. The Morgan fingerprint density at radius 3 is 2.77 bits per heavy atom. The predicted octanol–water partition coefficient (Wildman–Crippen LogP) is 3.37. The molecule has 0 radical (unpaired) electrons. The van der Waals surface area contributed by atoms with Gasteiger partial charge in [-0.2, -0.15) is 9.36 Å². The summed E-state index contributed by atoms with van der Waals surface area (Å²) < 4.78 is 11.3. The number of fused-ring (bicyclic) bond motifs is 1. The number of ether oxygens (including phenoxy) is 1. The Bertz CT molecular complexity index is 1600. The molecule has 4 aromatic heterocycles. The number of Topliss-reactive ketones (excluding diaryl/α,β-unsaturated/α-hetero) is 1. The molecule has 1 fully saturated rings. The standard InChI is InChI=1S/C27H28N6O5S/c1-4-38-14-15(2)8-20(34)18-11-32(12-18)21-9-16(3)22-23(35)19(26(36)37)13-33(25(22)29-21)27-30-24(31-39-27)17-6-5-7-28-10-17/h5-7,9-10,13,15,18H,4,8,11-12,14H2,1-3H3,(H,36,37)/t15-/m0/s1. The number of nitrogens with zero attached hydrogens (tertiary/aromatic N) is 6. The van der Waals surface area contributed by atoms with Crippen molar-refractivity contribution >= 4 is 40.1 Å². The second-order valence-electron chi connectivity index (χ2n) is 9.72. The zero-order chi connectivity index (χ0) is 27.7. The lowest BCUT2D eigenvalue weighted by atomic mass is 9.89. The predicted molar refractivity (Wildman–Crippen MR) is 147 cm³/mol. The van der Waals surface area contributed by atoms with E-state index in [2.05, 4.69) is 14.3 Å². The maximum atomic E-state index is 13.1. The van der Waals surface area contributed by atoms with Gasteiger partial charge in [-0.1, -0.05) is 6.92 Å². The molecule has 5 heterocycles. The molecular formula is C27H28N6O5S. The molecule has 1 aliphatic rings. The first-order chi connectivity index (χ1) is 18.8. The Morgan fingerprint density at radius 1 is 1.28 bits per heavy atom. The van der Waals surface area contributed by atoms with E-state index in [-0.39, 0.29) is 34.2 Å². The van der Waals surface area contributed by atoms with Crippen LogP contribution < -0.4 is 10.3 Å². The molecule has 4 aromatic rings. The van der Waals surface area contributed by atoms with E-state index in [0.717, 1.165) is 11.5 Å². The highest BCUT2D eigenvalue weighted by Crippen LogP contribution is 2.30. The smallest absolute Gasteiger partial charge is 0.341 e. The molecule has 11 nitrogen and oxygen atoms in total. The van der Waals surface area contributed by atoms with Gasteiger partial charge < -0.3 is 14.7 Å². The molecule has 1 aliphatic heterocycles. The normalized spacial score (nSPS) is 14.4. The van der Waals surface area contributed by atoms with E-state index in [1.165, 1.54) is 10.8 Å². The second-order valence-corrected chi connectivity index (χ2v) is 10.5. The summed E-state index contributed by atoms with van der Waals surface area (Å²) in [7, 11) is 0. The van der Waals surface area contributed by atoms with Gasteiger partial charge in [-0.3, -0.25) is 19.1 Å². The fourth-order valence-corrected chi connectivity index (χ4v) is 5.29. The number of rotatable bonds is 10. The lowest BCUT2D eigenvalue weighted by molar-refractivity contribution is -0.124. The van der Waals surface area contributed by atoms with Crippen LogP contribution in [-0.4, -0.2) is 67.1 Å². The molecule has 39 heavy (non-hydrogen) atoms. The number of carbonyl (C=O) groups is 2. The molecule has 0 aromatic carbocycles. The molecule has 0 bridgehead atoms. The number of anilines is 1. The third-order valence-electron chi connectivity index (χ3n) is 6.73. The Morgan fingerprint density at radius 2 is 2.08 bits per heavy atom. The van der Waals surface area contributed by atoms with Crippen LogP contribution in [0.25, 0.3) is 27.6 Å². The highest BCUT2D eigenvalue weighted by Gasteiger charge is 2.34. The number of carboxylic acids is 1. The van der Waals surface area contributed by atoms with Crippen molar-refractivity contribution in [3.63, 3.8) is 0 Å². The quantitative estimate of drug-likeness (QED) is 0.314. The van der Waals surface area contributed by atoms with E-state index >= 15 is 0 Å². The van der Waals surface area contributed by atoms with Crippen LogP contribution in [0.2, 0.25) is 0 Å². The number of ketones is 1. The van der Waals surface area contributed by atoms with Gasteiger partial charge in [0.2, 0.25) is 10.6 Å². The van der Waals surface area contributed by atoms with Crippen LogP contribution in [0.5, 0.6) is 0 Å². The number of pyridine rings is 3. The van der Waals surface area contributed by atoms with E-state index in [4.69, 9.17) is 9.72 Å². The lowest BCUT2D eigenvalue weighted by Gasteiger charge is -2.39. The molecule has 0 amide bonds. The maximum Gasteiger partial charge on any atom is 0.341 e. The Kier molecular flexibility index (Phi) is 7.49. The molecule has 202 valence electrons. The van der Waals surface area contributed by atoms with Gasteiger partial charge in [0.15, 0.2) is 11.5 Å². The summed E-state index contributed by atoms with van der Waals surface area (Å²) in [5.74, 6) is -0.0147. The van der Waals surface area contributed by atoms with Crippen LogP contribution in [0.1, 0.15) is 36.2 Å². The summed E-state index contributed by atoms with van der Waals surface area (Å²) in [5.41, 5.74) is 0.597. The van der Waals surface area contributed by atoms with Gasteiger partial charge in [-0.15, -0.1) is 0 Å². The Labute approximate surface area is 228 Å². The molecule has 0 aliphatic carbocycles. The molecule has 0 saturated carbocycles. The molecular weight excluding hydrogens is 520 g/mol. The fraction of sp³-hybridized carbons (Fsp3) is 0.370. The Balaban J connectivity index is 1.49. The van der Waals surface area contributed by atoms with Crippen molar-refractivity contribution < 1.29 is 19.4 Å². The number of carboxylic acid groups (broad SMARTS) is 1. The molecule has 0 spiro atoms. The monoisotopic (exact) mass is 548 g/mol. The highest BCUT2D eigenvalue weighted by atomic mass is 32.1. The maximum absolute atomic E-state index is 13.1. The van der Waals surface area contributed by atoms with Crippen LogP contribution >= 0.6 is 11.5 Å². The van der Waals surface area contributed by atoms with Crippen molar-refractivity contribution in [2.45, 2.75) is 27.2 Å². The molecule has 1 N–H and O–H groups in total. The van der Waals surface area contributed by atoms with Crippen molar-refractivity contribution in [1.29, 1.82) is 0 Å². The highest BCUT2D eigenvalue weighted by molar-refractivity contribution is 7.08. The minimum Gasteiger partial charge on any atom is -0.477 e. The number of aromatic nitrogens is 5. The van der Waals surface area contributed by atoms with Crippen molar-refractivity contribution in [3.05, 3.63) is 58.1 Å². The minimum absolute atomic E-state index is 0.0892. The zero-order valence-electron chi connectivity index (χ0n) is 21.8. The van der Waals surface area contributed by atoms with E-state index in [1.807, 2.05) is 24.8 Å². The van der Waals surface area contributed by atoms with E-state index in [1.54, 1.807) is 31.5 Å². The molecule has 1 saturated heterocycles. The topological polar surface area (TPSA) is 140 Å². The van der Waals surface area contributed by atoms with Gasteiger partial charge in [0.05, 0.1) is 11.3 Å². The molecule has 0 unspecified atom stereocenters. The van der Waals surface area contributed by atoms with Crippen molar-refractivity contribution in [1.82, 2.24) is 23.9 Å². The summed E-state index contributed by atoms with van der Waals surface area (Å²) in [4.78, 5) is 53.2. The number of aryl methyl sites for hydroxylation is 1. The number of carbonyl (C=O) groups excluding carboxylic acids is 1. The van der Waals surface area contributed by atoms with Gasteiger partial charge >= 0.3 is 5.97 Å². The van der Waals surface area contributed by atoms with Crippen molar-refractivity contribution in [2.24, 2.45) is 11.8 Å². The van der Waals surface area contributed by atoms with Gasteiger partial charge in [0.25, 0.3) is 0 Å². The Hall–Kier alpha value is -4.03. The third-order valence-corrected chi connectivity index (χ3v) is 7.45. The average Bonchev–Trinajstić information content (AvgIpc) is 3.37. The minimum atomic E-state index is -1.33. The summed E-state index contributed by atoms with van der Waals surface area (Å²) in [6, 6.07) is 5.36. The SMILES string of the molecule is CCOC[C@@H](C)CC(=O)C1CN(c2cc(C)c3c(=O)c(C(=O)O)cn(-c4nc(-c5cccnc5)ns4)c3n2)C1. The van der Waals surface area contributed by atoms with Crippen molar-refractivity contribution in [3.8, 4) is 16.5 Å².